The van der Waals surface area contributed by atoms with E-state index in [1.54, 1.807) is 6.92 Å². The van der Waals surface area contributed by atoms with Crippen molar-refractivity contribution in [2.45, 2.75) is 26.1 Å². The Morgan fingerprint density at radius 3 is 2.89 bits per heavy atom. The second-order valence-corrected chi connectivity index (χ2v) is 5.63. The first-order valence-electron chi connectivity index (χ1n) is 7.80. The SMILES string of the molecule is Cc1nc2nc[nH]n2c(=O)c1CCC(=O)Nc1cccc(OC(F)(F)F)c1. The number of nitrogens with one attached hydrogen (secondary N) is 2. The van der Waals surface area contributed by atoms with Crippen LogP contribution >= 0.6 is 0 Å². The molecule has 1 aromatic carbocycles. The quantitative estimate of drug-likeness (QED) is 0.706. The molecule has 3 rings (SSSR count). The maximum Gasteiger partial charge on any atom is 0.573 e. The lowest BCUT2D eigenvalue weighted by molar-refractivity contribution is -0.274. The van der Waals surface area contributed by atoms with Crippen LogP contribution in [0.4, 0.5) is 18.9 Å². The van der Waals surface area contributed by atoms with Gasteiger partial charge >= 0.3 is 6.36 Å². The number of nitrogens with zero attached hydrogens (tertiary/aromatic N) is 3. The molecule has 0 aliphatic carbocycles. The molecule has 0 unspecified atom stereocenters. The maximum absolute atomic E-state index is 12.4. The summed E-state index contributed by atoms with van der Waals surface area (Å²) in [6.45, 7) is 1.64. The van der Waals surface area contributed by atoms with Gasteiger partial charge in [-0.3, -0.25) is 14.7 Å². The number of carbonyl (C=O) groups excluding carboxylic acids is 1. The van der Waals surface area contributed by atoms with Crippen LogP contribution in [0.1, 0.15) is 17.7 Å². The first-order valence-corrected chi connectivity index (χ1v) is 7.80. The van der Waals surface area contributed by atoms with E-state index in [1.807, 2.05) is 0 Å². The van der Waals surface area contributed by atoms with Crippen molar-refractivity contribution >= 4 is 17.4 Å². The van der Waals surface area contributed by atoms with Crippen LogP contribution in [0.5, 0.6) is 5.75 Å². The summed E-state index contributed by atoms with van der Waals surface area (Å²) in [7, 11) is 0. The Bertz CT molecular complexity index is 1040. The van der Waals surface area contributed by atoms with Crippen LogP contribution in [-0.4, -0.2) is 31.9 Å². The lowest BCUT2D eigenvalue weighted by Gasteiger charge is -2.11. The molecule has 0 saturated carbocycles. The second kappa shape index (κ2) is 7.09. The van der Waals surface area contributed by atoms with Gasteiger partial charge < -0.3 is 10.1 Å². The van der Waals surface area contributed by atoms with E-state index in [0.29, 0.717) is 11.3 Å². The molecule has 3 aromatic rings. The molecule has 1 amide bonds. The summed E-state index contributed by atoms with van der Waals surface area (Å²) < 4.78 is 41.7. The third-order valence-electron chi connectivity index (χ3n) is 3.69. The minimum atomic E-state index is -4.82. The smallest absolute Gasteiger partial charge is 0.406 e. The Morgan fingerprint density at radius 1 is 1.37 bits per heavy atom. The molecule has 11 heteroatoms. The highest BCUT2D eigenvalue weighted by Crippen LogP contribution is 2.25. The van der Waals surface area contributed by atoms with E-state index >= 15 is 0 Å². The standard InChI is InChI=1S/C16H14F3N5O3/c1-9-12(14(26)24-15(22-9)20-8-21-24)5-6-13(25)23-10-3-2-4-11(7-10)27-16(17,18)19/h2-4,7-8H,5-6H2,1H3,(H,23,25)(H,20,21,22). The minimum Gasteiger partial charge on any atom is -0.406 e. The van der Waals surface area contributed by atoms with Crippen LogP contribution in [0.15, 0.2) is 35.4 Å². The van der Waals surface area contributed by atoms with E-state index < -0.39 is 18.0 Å². The zero-order valence-corrected chi connectivity index (χ0v) is 14.0. The number of alkyl halides is 3. The number of amides is 1. The van der Waals surface area contributed by atoms with Gasteiger partial charge in [0, 0.05) is 23.7 Å². The highest BCUT2D eigenvalue weighted by Gasteiger charge is 2.31. The third-order valence-corrected chi connectivity index (χ3v) is 3.69. The molecule has 0 fully saturated rings. The molecule has 142 valence electrons. The number of carbonyl (C=O) groups is 1. The van der Waals surface area contributed by atoms with Gasteiger partial charge in [-0.25, -0.2) is 9.97 Å². The lowest BCUT2D eigenvalue weighted by atomic mass is 10.1. The second-order valence-electron chi connectivity index (χ2n) is 5.63. The van der Waals surface area contributed by atoms with Crippen molar-refractivity contribution in [3.8, 4) is 5.75 Å². The van der Waals surface area contributed by atoms with E-state index in [2.05, 4.69) is 25.1 Å². The van der Waals surface area contributed by atoms with E-state index in [1.165, 1.54) is 18.5 Å². The minimum absolute atomic E-state index is 0.0533. The number of aromatic amines is 1. The van der Waals surface area contributed by atoms with Gasteiger partial charge in [0.05, 0.1) is 5.69 Å². The van der Waals surface area contributed by atoms with Gasteiger partial charge in [-0.15, -0.1) is 13.2 Å². The molecule has 0 spiro atoms. The van der Waals surface area contributed by atoms with E-state index in [4.69, 9.17) is 0 Å². The largest absolute Gasteiger partial charge is 0.573 e. The van der Waals surface area contributed by atoms with Gasteiger partial charge in [0.2, 0.25) is 5.91 Å². The number of ether oxygens (including phenoxy) is 1. The number of aryl methyl sites for hydroxylation is 1. The number of H-pyrrole nitrogens is 1. The summed E-state index contributed by atoms with van der Waals surface area (Å²) in [5.41, 5.74) is 0.599. The third kappa shape index (κ3) is 4.43. The molecule has 2 heterocycles. The van der Waals surface area contributed by atoms with Crippen LogP contribution in [0.3, 0.4) is 0 Å². The Hall–Kier alpha value is -3.37. The summed E-state index contributed by atoms with van der Waals surface area (Å²) in [4.78, 5) is 32.5. The summed E-state index contributed by atoms with van der Waals surface area (Å²) >= 11 is 0. The fourth-order valence-electron chi connectivity index (χ4n) is 2.52. The molecule has 0 aliphatic heterocycles. The van der Waals surface area contributed by atoms with Crippen LogP contribution in [0.25, 0.3) is 5.78 Å². The van der Waals surface area contributed by atoms with Crippen molar-refractivity contribution in [3.05, 3.63) is 52.2 Å². The predicted octanol–water partition coefficient (Wildman–Crippen LogP) is 2.20. The highest BCUT2D eigenvalue weighted by atomic mass is 19.4. The molecule has 2 aromatic heterocycles. The summed E-state index contributed by atoms with van der Waals surface area (Å²) in [5.74, 6) is -0.678. The Labute approximate surface area is 150 Å². The maximum atomic E-state index is 12.4. The van der Waals surface area contributed by atoms with Crippen LogP contribution in [0, 0.1) is 6.92 Å². The number of rotatable bonds is 5. The Morgan fingerprint density at radius 2 is 2.15 bits per heavy atom. The number of halogens is 3. The molecule has 8 nitrogen and oxygen atoms in total. The monoisotopic (exact) mass is 381 g/mol. The number of hydrogen-bond donors (Lipinski definition) is 2. The van der Waals surface area contributed by atoms with Crippen molar-refractivity contribution in [1.29, 1.82) is 0 Å². The van der Waals surface area contributed by atoms with Crippen LogP contribution in [-0.2, 0) is 11.2 Å². The normalized spacial score (nSPS) is 11.6. The van der Waals surface area contributed by atoms with Crippen LogP contribution < -0.4 is 15.6 Å². The average molecular weight is 381 g/mol. The van der Waals surface area contributed by atoms with Crippen molar-refractivity contribution in [2.75, 3.05) is 5.32 Å². The first kappa shape index (κ1) is 18.4. The topological polar surface area (TPSA) is 101 Å². The molecular weight excluding hydrogens is 367 g/mol. The van der Waals surface area contributed by atoms with Crippen molar-refractivity contribution < 1.29 is 22.7 Å². The van der Waals surface area contributed by atoms with Crippen molar-refractivity contribution in [1.82, 2.24) is 19.6 Å². The lowest BCUT2D eigenvalue weighted by Crippen LogP contribution is -2.23. The number of aromatic nitrogens is 4. The van der Waals surface area contributed by atoms with Crippen LogP contribution in [0.2, 0.25) is 0 Å². The number of anilines is 1. The molecule has 0 radical (unpaired) electrons. The van der Waals surface area contributed by atoms with Gasteiger partial charge in [-0.05, 0) is 25.5 Å². The zero-order chi connectivity index (χ0) is 19.6. The van der Waals surface area contributed by atoms with Gasteiger partial charge in [0.1, 0.15) is 12.1 Å². The summed E-state index contributed by atoms with van der Waals surface area (Å²) in [6, 6.07) is 4.94. The zero-order valence-electron chi connectivity index (χ0n) is 14.0. The molecular formula is C16H14F3N5O3. The Kier molecular flexibility index (Phi) is 4.84. The first-order chi connectivity index (χ1) is 12.7. The predicted molar refractivity (Wildman–Crippen MR) is 88.4 cm³/mol. The highest BCUT2D eigenvalue weighted by molar-refractivity contribution is 5.91. The van der Waals surface area contributed by atoms with Gasteiger partial charge in [-0.2, -0.15) is 4.52 Å². The fraction of sp³-hybridized carbons (Fsp3) is 0.250. The van der Waals surface area contributed by atoms with Crippen molar-refractivity contribution in [3.63, 3.8) is 0 Å². The number of benzene rings is 1. The van der Waals surface area contributed by atoms with Crippen molar-refractivity contribution in [2.24, 2.45) is 0 Å². The average Bonchev–Trinajstić information content (AvgIpc) is 3.01. The number of hydrogen-bond acceptors (Lipinski definition) is 5. The molecule has 0 bridgehead atoms. The Balaban J connectivity index is 1.67. The number of fused-ring (bicyclic) bond motifs is 1. The van der Waals surface area contributed by atoms with Gasteiger partial charge in [0.25, 0.3) is 11.3 Å². The summed E-state index contributed by atoms with van der Waals surface area (Å²) in [6.07, 6.45) is -3.43. The molecule has 27 heavy (non-hydrogen) atoms. The molecule has 2 N–H and O–H groups in total. The molecule has 0 saturated heterocycles. The summed E-state index contributed by atoms with van der Waals surface area (Å²) in [5, 5.41) is 5.11. The van der Waals surface area contributed by atoms with E-state index in [9.17, 15) is 22.8 Å². The molecule has 0 aliphatic rings. The van der Waals surface area contributed by atoms with Gasteiger partial charge in [-0.1, -0.05) is 6.07 Å². The molecule has 0 atom stereocenters. The van der Waals surface area contributed by atoms with Gasteiger partial charge in [0.15, 0.2) is 0 Å². The fourth-order valence-corrected chi connectivity index (χ4v) is 2.52. The van der Waals surface area contributed by atoms with E-state index in [-0.39, 0.29) is 29.9 Å². The van der Waals surface area contributed by atoms with E-state index in [0.717, 1.165) is 16.6 Å².